The minimum atomic E-state index is -3.83. The minimum absolute atomic E-state index is 0.0981. The maximum absolute atomic E-state index is 13.2. The molecule has 0 aliphatic carbocycles. The molecule has 2 fully saturated rings. The first-order valence-corrected chi connectivity index (χ1v) is 12.7. The Bertz CT molecular complexity index is 829. The average Bonchev–Trinajstić information content (AvgIpc) is 2.90. The Labute approximate surface area is 157 Å². The SMILES string of the molecule is CS(=O)(=O)c1ccccc1S(=O)(=O)N1CCCC(N2CCCCCC2)C1. The van der Waals surface area contributed by atoms with Crippen molar-refractivity contribution >= 4 is 19.9 Å². The molecule has 8 heteroatoms. The quantitative estimate of drug-likeness (QED) is 0.774. The van der Waals surface area contributed by atoms with Crippen LogP contribution in [-0.2, 0) is 19.9 Å². The van der Waals surface area contributed by atoms with E-state index in [0.717, 1.165) is 32.2 Å². The molecule has 146 valence electrons. The number of piperidine rings is 1. The second kappa shape index (κ2) is 7.96. The first kappa shape index (κ1) is 19.8. The van der Waals surface area contributed by atoms with Gasteiger partial charge in [-0.3, -0.25) is 4.90 Å². The van der Waals surface area contributed by atoms with Crippen molar-refractivity contribution in [1.29, 1.82) is 0 Å². The highest BCUT2D eigenvalue weighted by molar-refractivity contribution is 7.93. The molecule has 2 saturated heterocycles. The van der Waals surface area contributed by atoms with Crippen molar-refractivity contribution in [3.05, 3.63) is 24.3 Å². The Hall–Kier alpha value is -0.960. The van der Waals surface area contributed by atoms with Crippen molar-refractivity contribution in [3.63, 3.8) is 0 Å². The summed E-state index contributed by atoms with van der Waals surface area (Å²) in [6.07, 6.45) is 7.68. The predicted octanol–water partition coefficient (Wildman–Crippen LogP) is 2.12. The van der Waals surface area contributed by atoms with E-state index in [1.165, 1.54) is 42.1 Å². The van der Waals surface area contributed by atoms with E-state index in [1.807, 2.05) is 0 Å². The number of sulfone groups is 1. The predicted molar refractivity (Wildman–Crippen MR) is 101 cm³/mol. The van der Waals surface area contributed by atoms with Crippen LogP contribution in [0.5, 0.6) is 0 Å². The molecule has 0 radical (unpaired) electrons. The number of sulfonamides is 1. The van der Waals surface area contributed by atoms with E-state index in [1.54, 1.807) is 12.1 Å². The van der Waals surface area contributed by atoms with Gasteiger partial charge in [0.15, 0.2) is 9.84 Å². The number of hydrogen-bond donors (Lipinski definition) is 0. The van der Waals surface area contributed by atoms with Gasteiger partial charge in [0.1, 0.15) is 4.90 Å². The maximum atomic E-state index is 13.2. The van der Waals surface area contributed by atoms with Gasteiger partial charge in [0, 0.05) is 25.4 Å². The Morgan fingerprint density at radius 2 is 1.46 bits per heavy atom. The number of likely N-dealkylation sites (tertiary alicyclic amines) is 1. The molecule has 0 saturated carbocycles. The lowest BCUT2D eigenvalue weighted by molar-refractivity contribution is 0.139. The highest BCUT2D eigenvalue weighted by atomic mass is 32.2. The maximum Gasteiger partial charge on any atom is 0.244 e. The first-order chi connectivity index (χ1) is 12.3. The van der Waals surface area contributed by atoms with E-state index < -0.39 is 19.9 Å². The molecule has 2 aliphatic heterocycles. The largest absolute Gasteiger partial charge is 0.299 e. The summed E-state index contributed by atoms with van der Waals surface area (Å²) in [5.41, 5.74) is 0. The number of rotatable bonds is 4. The van der Waals surface area contributed by atoms with E-state index in [-0.39, 0.29) is 15.8 Å². The van der Waals surface area contributed by atoms with Gasteiger partial charge in [0.2, 0.25) is 10.0 Å². The van der Waals surface area contributed by atoms with Gasteiger partial charge in [-0.25, -0.2) is 16.8 Å². The number of nitrogens with zero attached hydrogens (tertiary/aromatic N) is 2. The fraction of sp³-hybridized carbons (Fsp3) is 0.667. The van der Waals surface area contributed by atoms with Crippen LogP contribution in [0.15, 0.2) is 34.1 Å². The van der Waals surface area contributed by atoms with Gasteiger partial charge in [0.25, 0.3) is 0 Å². The third-order valence-corrected chi connectivity index (χ3v) is 8.59. The van der Waals surface area contributed by atoms with Crippen molar-refractivity contribution in [3.8, 4) is 0 Å². The Morgan fingerprint density at radius 1 is 0.846 bits per heavy atom. The lowest BCUT2D eigenvalue weighted by Gasteiger charge is -2.38. The van der Waals surface area contributed by atoms with Crippen LogP contribution in [0.3, 0.4) is 0 Å². The molecule has 0 aromatic heterocycles. The topological polar surface area (TPSA) is 74.8 Å². The number of hydrogen-bond acceptors (Lipinski definition) is 5. The van der Waals surface area contributed by atoms with Crippen LogP contribution in [0.1, 0.15) is 38.5 Å². The molecule has 26 heavy (non-hydrogen) atoms. The third kappa shape index (κ3) is 4.30. The highest BCUT2D eigenvalue weighted by Crippen LogP contribution is 2.28. The molecule has 1 unspecified atom stereocenters. The summed E-state index contributed by atoms with van der Waals surface area (Å²) in [5, 5.41) is 0. The fourth-order valence-electron chi connectivity index (χ4n) is 4.01. The summed E-state index contributed by atoms with van der Waals surface area (Å²) in [5.74, 6) is 0. The molecule has 6 nitrogen and oxygen atoms in total. The second-order valence-corrected chi connectivity index (χ2v) is 11.2. The molecule has 0 amide bonds. The van der Waals surface area contributed by atoms with Crippen LogP contribution in [0.2, 0.25) is 0 Å². The van der Waals surface area contributed by atoms with Gasteiger partial charge in [0.05, 0.1) is 4.90 Å². The smallest absolute Gasteiger partial charge is 0.244 e. The van der Waals surface area contributed by atoms with E-state index >= 15 is 0 Å². The first-order valence-electron chi connectivity index (χ1n) is 9.33. The Kier molecular flexibility index (Phi) is 6.06. The van der Waals surface area contributed by atoms with E-state index in [2.05, 4.69) is 4.90 Å². The molecule has 0 spiro atoms. The summed E-state index contributed by atoms with van der Waals surface area (Å²) in [7, 11) is -7.44. The Balaban J connectivity index is 1.86. The molecule has 1 aromatic carbocycles. The molecule has 2 aliphatic rings. The van der Waals surface area contributed by atoms with Crippen LogP contribution < -0.4 is 0 Å². The van der Waals surface area contributed by atoms with E-state index in [4.69, 9.17) is 0 Å². The van der Waals surface area contributed by atoms with Crippen molar-refractivity contribution in [2.45, 2.75) is 54.4 Å². The molecular formula is C18H28N2O4S2. The summed E-state index contributed by atoms with van der Waals surface area (Å²) >= 11 is 0. The summed E-state index contributed by atoms with van der Waals surface area (Å²) in [4.78, 5) is 2.22. The summed E-state index contributed by atoms with van der Waals surface area (Å²) < 4.78 is 52.0. The fourth-order valence-corrected chi connectivity index (χ4v) is 7.12. The summed E-state index contributed by atoms with van der Waals surface area (Å²) in [6, 6.07) is 6.14. The lowest BCUT2D eigenvalue weighted by atomic mass is 10.1. The zero-order chi connectivity index (χ0) is 18.8. The van der Waals surface area contributed by atoms with Crippen molar-refractivity contribution in [2.24, 2.45) is 0 Å². The standard InChI is InChI=1S/C18H28N2O4S2/c1-25(21,22)17-10-4-5-11-18(17)26(23,24)20-14-8-9-16(15-20)19-12-6-2-3-7-13-19/h4-5,10-11,16H,2-3,6-9,12-15H2,1H3. The van der Waals surface area contributed by atoms with Gasteiger partial charge in [-0.1, -0.05) is 25.0 Å². The van der Waals surface area contributed by atoms with Crippen molar-refractivity contribution in [1.82, 2.24) is 9.21 Å². The van der Waals surface area contributed by atoms with Crippen molar-refractivity contribution in [2.75, 3.05) is 32.4 Å². The van der Waals surface area contributed by atoms with Gasteiger partial charge in [-0.05, 0) is 50.9 Å². The van der Waals surface area contributed by atoms with Crippen molar-refractivity contribution < 1.29 is 16.8 Å². The van der Waals surface area contributed by atoms with Crippen LogP contribution in [0.25, 0.3) is 0 Å². The molecule has 2 heterocycles. The Morgan fingerprint density at radius 3 is 2.08 bits per heavy atom. The van der Waals surface area contributed by atoms with Crippen LogP contribution in [0.4, 0.5) is 0 Å². The molecular weight excluding hydrogens is 372 g/mol. The van der Waals surface area contributed by atoms with Crippen LogP contribution in [0, 0.1) is 0 Å². The molecule has 3 rings (SSSR count). The number of benzene rings is 1. The average molecular weight is 401 g/mol. The highest BCUT2D eigenvalue weighted by Gasteiger charge is 2.35. The van der Waals surface area contributed by atoms with Gasteiger partial charge in [-0.2, -0.15) is 4.31 Å². The molecule has 0 bridgehead atoms. The summed E-state index contributed by atoms with van der Waals surface area (Å²) in [6.45, 7) is 2.95. The van der Waals surface area contributed by atoms with Crippen LogP contribution in [-0.4, -0.2) is 64.5 Å². The second-order valence-electron chi connectivity index (χ2n) is 7.33. The monoisotopic (exact) mass is 400 g/mol. The van der Waals surface area contributed by atoms with Gasteiger partial charge in [-0.15, -0.1) is 0 Å². The third-order valence-electron chi connectivity index (χ3n) is 5.38. The van der Waals surface area contributed by atoms with E-state index in [0.29, 0.717) is 13.1 Å². The lowest BCUT2D eigenvalue weighted by Crippen LogP contribution is -2.50. The minimum Gasteiger partial charge on any atom is -0.299 e. The van der Waals surface area contributed by atoms with Gasteiger partial charge >= 0.3 is 0 Å². The molecule has 1 aromatic rings. The van der Waals surface area contributed by atoms with E-state index in [9.17, 15) is 16.8 Å². The zero-order valence-electron chi connectivity index (χ0n) is 15.3. The normalized spacial score (nSPS) is 24.3. The van der Waals surface area contributed by atoms with Crippen LogP contribution >= 0.6 is 0 Å². The van der Waals surface area contributed by atoms with Gasteiger partial charge < -0.3 is 0 Å². The molecule has 1 atom stereocenters. The zero-order valence-corrected chi connectivity index (χ0v) is 16.9. The molecule has 0 N–H and O–H groups in total.